The standard InChI is InChI=1S/C34H42IN7O5/c35-26-18-22(20-29-30(26)38-34(46)47-29)19-28(31(43)40-14-8-24(9-15-40)39-12-4-1-5-13-39)37-32(44)41-16-10-25(11-17-41)42-21-23-6-2-3-7-27(23)36-33(42)45/h2-3,6-7,18,20,24-25,28H,1,4-5,8-17,19,21H2,(H,36,45)(H,37,44)(H,38,46). The molecule has 47 heavy (non-hydrogen) atoms. The van der Waals surface area contributed by atoms with Gasteiger partial charge < -0.3 is 34.7 Å². The summed E-state index contributed by atoms with van der Waals surface area (Å²) < 4.78 is 6.15. The van der Waals surface area contributed by atoms with Crippen LogP contribution in [-0.2, 0) is 17.8 Å². The number of aromatic nitrogens is 1. The Morgan fingerprint density at radius 2 is 1.62 bits per heavy atom. The molecule has 1 aromatic heterocycles. The Morgan fingerprint density at radius 3 is 2.38 bits per heavy atom. The van der Waals surface area contributed by atoms with Crippen LogP contribution in [0.3, 0.4) is 0 Å². The average Bonchev–Trinajstić information content (AvgIpc) is 3.48. The van der Waals surface area contributed by atoms with Crippen molar-refractivity contribution < 1.29 is 18.8 Å². The number of halogens is 1. The highest BCUT2D eigenvalue weighted by molar-refractivity contribution is 14.1. The highest BCUT2D eigenvalue weighted by atomic mass is 127. The molecule has 0 radical (unpaired) electrons. The van der Waals surface area contributed by atoms with Crippen LogP contribution in [0.25, 0.3) is 11.1 Å². The fourth-order valence-corrected chi connectivity index (χ4v) is 8.51. The summed E-state index contributed by atoms with van der Waals surface area (Å²) >= 11 is 2.15. The van der Waals surface area contributed by atoms with Crippen molar-refractivity contribution in [3.63, 3.8) is 0 Å². The zero-order valence-corrected chi connectivity index (χ0v) is 28.7. The van der Waals surface area contributed by atoms with Crippen LogP contribution in [0.4, 0.5) is 15.3 Å². The minimum absolute atomic E-state index is 0.0239. The molecule has 4 aliphatic heterocycles. The van der Waals surface area contributed by atoms with Crippen LogP contribution in [0.15, 0.2) is 45.6 Å². The zero-order chi connectivity index (χ0) is 32.5. The number of aromatic amines is 1. The number of carbonyl (C=O) groups is 3. The first-order valence-electron chi connectivity index (χ1n) is 16.9. The van der Waals surface area contributed by atoms with Gasteiger partial charge in [0.25, 0.3) is 0 Å². The van der Waals surface area contributed by atoms with E-state index >= 15 is 0 Å². The van der Waals surface area contributed by atoms with Crippen LogP contribution in [0, 0.1) is 3.57 Å². The van der Waals surface area contributed by atoms with Gasteiger partial charge in [-0.1, -0.05) is 24.6 Å². The van der Waals surface area contributed by atoms with Crippen molar-refractivity contribution in [1.82, 2.24) is 29.9 Å². The number of hydrogen-bond acceptors (Lipinski definition) is 6. The molecule has 4 aliphatic rings. The van der Waals surface area contributed by atoms with Gasteiger partial charge in [-0.3, -0.25) is 9.78 Å². The number of oxazole rings is 1. The summed E-state index contributed by atoms with van der Waals surface area (Å²) in [6, 6.07) is 10.9. The van der Waals surface area contributed by atoms with Gasteiger partial charge in [0.1, 0.15) is 11.6 Å². The molecule has 0 aliphatic carbocycles. The van der Waals surface area contributed by atoms with Crippen LogP contribution in [-0.4, -0.2) is 99.9 Å². The van der Waals surface area contributed by atoms with Crippen LogP contribution in [0.5, 0.6) is 0 Å². The molecule has 0 bridgehead atoms. The van der Waals surface area contributed by atoms with Gasteiger partial charge >= 0.3 is 17.8 Å². The highest BCUT2D eigenvalue weighted by Crippen LogP contribution is 2.28. The second-order valence-electron chi connectivity index (χ2n) is 13.3. The number of nitrogens with one attached hydrogen (secondary N) is 3. The molecule has 3 aromatic rings. The van der Waals surface area contributed by atoms with Crippen molar-refractivity contribution in [3.05, 3.63) is 61.6 Å². The average molecular weight is 756 g/mol. The number of likely N-dealkylation sites (tertiary alicyclic amines) is 3. The third-order valence-corrected chi connectivity index (χ3v) is 11.2. The summed E-state index contributed by atoms with van der Waals surface area (Å²) in [5.74, 6) is -0.609. The van der Waals surface area contributed by atoms with Crippen molar-refractivity contribution in [1.29, 1.82) is 0 Å². The van der Waals surface area contributed by atoms with E-state index < -0.39 is 11.8 Å². The number of piperidine rings is 3. The molecular weight excluding hydrogens is 713 g/mol. The van der Waals surface area contributed by atoms with Gasteiger partial charge in [0.05, 0.1) is 0 Å². The Kier molecular flexibility index (Phi) is 9.44. The minimum Gasteiger partial charge on any atom is -0.408 e. The lowest BCUT2D eigenvalue weighted by Crippen LogP contribution is -2.57. The first-order chi connectivity index (χ1) is 22.8. The largest absolute Gasteiger partial charge is 0.417 e. The fourth-order valence-electron chi connectivity index (χ4n) is 7.71. The van der Waals surface area contributed by atoms with E-state index in [9.17, 15) is 19.2 Å². The lowest BCUT2D eigenvalue weighted by molar-refractivity contribution is -0.134. The number of hydrogen-bond donors (Lipinski definition) is 3. The molecule has 250 valence electrons. The Hall–Kier alpha value is -3.59. The Balaban J connectivity index is 1.02. The molecule has 0 spiro atoms. The molecule has 5 amide bonds. The lowest BCUT2D eigenvalue weighted by Gasteiger charge is -2.42. The topological polar surface area (TPSA) is 134 Å². The maximum absolute atomic E-state index is 14.1. The number of rotatable bonds is 6. The Labute approximate surface area is 287 Å². The van der Waals surface area contributed by atoms with Gasteiger partial charge in [0.15, 0.2) is 5.58 Å². The zero-order valence-electron chi connectivity index (χ0n) is 26.5. The second kappa shape index (κ2) is 13.9. The molecule has 13 heteroatoms. The van der Waals surface area contributed by atoms with Crippen molar-refractivity contribution in [2.45, 2.75) is 76.0 Å². The number of nitrogens with zero attached hydrogens (tertiary/aromatic N) is 4. The van der Waals surface area contributed by atoms with E-state index in [2.05, 4.69) is 43.1 Å². The number of amides is 5. The Morgan fingerprint density at radius 1 is 0.915 bits per heavy atom. The molecule has 0 saturated carbocycles. The van der Waals surface area contributed by atoms with E-state index in [0.717, 1.165) is 46.3 Å². The highest BCUT2D eigenvalue weighted by Gasteiger charge is 2.35. The summed E-state index contributed by atoms with van der Waals surface area (Å²) in [5, 5.41) is 6.08. The number of fused-ring (bicyclic) bond motifs is 2. The SMILES string of the molecule is O=C(NC(Cc1cc(I)c2[nH]c(=O)oc2c1)C(=O)N1CCC(N2CCCCC2)CC1)N1CCC(N2Cc3ccccc3NC2=O)CC1. The van der Waals surface area contributed by atoms with E-state index in [1.54, 1.807) is 11.0 Å². The second-order valence-corrected chi connectivity index (χ2v) is 14.4. The molecular formula is C34H42IN7O5. The molecule has 1 atom stereocenters. The first-order valence-corrected chi connectivity index (χ1v) is 18.0. The number of benzene rings is 2. The monoisotopic (exact) mass is 755 g/mol. The molecule has 2 aromatic carbocycles. The van der Waals surface area contributed by atoms with Crippen LogP contribution in [0.1, 0.15) is 56.1 Å². The van der Waals surface area contributed by atoms with Crippen molar-refractivity contribution in [3.8, 4) is 0 Å². The summed E-state index contributed by atoms with van der Waals surface area (Å²) in [7, 11) is 0. The molecule has 3 fully saturated rings. The summed E-state index contributed by atoms with van der Waals surface area (Å²) in [4.78, 5) is 63.4. The van der Waals surface area contributed by atoms with E-state index in [1.165, 1.54) is 19.3 Å². The van der Waals surface area contributed by atoms with E-state index in [0.29, 0.717) is 62.7 Å². The maximum atomic E-state index is 14.1. The molecule has 3 N–H and O–H groups in total. The quantitative estimate of drug-likeness (QED) is 0.321. The van der Waals surface area contributed by atoms with Crippen molar-refractivity contribution in [2.24, 2.45) is 0 Å². The molecule has 12 nitrogen and oxygen atoms in total. The van der Waals surface area contributed by atoms with Crippen molar-refractivity contribution >= 4 is 57.3 Å². The molecule has 1 unspecified atom stereocenters. The van der Waals surface area contributed by atoms with E-state index in [-0.39, 0.29) is 30.4 Å². The Bertz CT molecular complexity index is 1690. The van der Waals surface area contributed by atoms with Gasteiger partial charge in [0.2, 0.25) is 5.91 Å². The normalized spacial score (nSPS) is 20.6. The molecule has 5 heterocycles. The smallest absolute Gasteiger partial charge is 0.408 e. The molecule has 7 rings (SSSR count). The first kappa shape index (κ1) is 32.0. The number of urea groups is 2. The van der Waals surface area contributed by atoms with Gasteiger partial charge in [-0.15, -0.1) is 0 Å². The lowest BCUT2D eigenvalue weighted by atomic mass is 9.98. The van der Waals surface area contributed by atoms with Gasteiger partial charge in [-0.05, 0) is 104 Å². The third-order valence-electron chi connectivity index (χ3n) is 10.3. The van der Waals surface area contributed by atoms with Gasteiger partial charge in [0, 0.05) is 60.5 Å². The van der Waals surface area contributed by atoms with Crippen LogP contribution < -0.4 is 16.4 Å². The minimum atomic E-state index is -0.768. The predicted molar refractivity (Wildman–Crippen MR) is 186 cm³/mol. The van der Waals surface area contributed by atoms with Crippen LogP contribution >= 0.6 is 22.6 Å². The molecule has 3 saturated heterocycles. The summed E-state index contributed by atoms with van der Waals surface area (Å²) in [6.07, 6.45) is 7.26. The summed E-state index contributed by atoms with van der Waals surface area (Å²) in [6.45, 7) is 5.14. The van der Waals surface area contributed by atoms with E-state index in [1.807, 2.05) is 40.1 Å². The number of H-pyrrole nitrogens is 1. The predicted octanol–water partition coefficient (Wildman–Crippen LogP) is 4.34. The number of anilines is 1. The number of carbonyl (C=O) groups excluding carboxylic acids is 3. The van der Waals surface area contributed by atoms with Gasteiger partial charge in [-0.2, -0.15) is 0 Å². The van der Waals surface area contributed by atoms with Crippen molar-refractivity contribution in [2.75, 3.05) is 44.6 Å². The number of para-hydroxylation sites is 1. The fraction of sp³-hybridized carbons (Fsp3) is 0.529. The summed E-state index contributed by atoms with van der Waals surface area (Å²) in [5.41, 5.74) is 3.80. The van der Waals surface area contributed by atoms with Gasteiger partial charge in [-0.25, -0.2) is 14.4 Å². The third kappa shape index (κ3) is 7.01. The van der Waals surface area contributed by atoms with E-state index in [4.69, 9.17) is 4.42 Å². The van der Waals surface area contributed by atoms with Crippen LogP contribution in [0.2, 0.25) is 0 Å². The maximum Gasteiger partial charge on any atom is 0.417 e.